The summed E-state index contributed by atoms with van der Waals surface area (Å²) in [5, 5.41) is 0. The number of imidazole rings is 1. The summed E-state index contributed by atoms with van der Waals surface area (Å²) >= 11 is 0. The van der Waals surface area contributed by atoms with Crippen LogP contribution in [-0.4, -0.2) is 49.6 Å². The number of hydrogen-bond acceptors (Lipinski definition) is 5. The maximum Gasteiger partial charge on any atom is 0.274 e. The van der Waals surface area contributed by atoms with Gasteiger partial charge in [-0.1, -0.05) is 0 Å². The van der Waals surface area contributed by atoms with Gasteiger partial charge in [0.1, 0.15) is 5.69 Å². The number of carbonyl (C=O) groups is 1. The van der Waals surface area contributed by atoms with E-state index in [-0.39, 0.29) is 11.9 Å². The molecule has 1 aliphatic rings. The maximum absolute atomic E-state index is 12.8. The normalized spacial score (nSPS) is 17.2. The molecule has 1 aliphatic heterocycles. The molecular formula is C16H21N5O2. The predicted octanol–water partition coefficient (Wildman–Crippen LogP) is 1.12. The number of rotatable bonds is 4. The summed E-state index contributed by atoms with van der Waals surface area (Å²) in [7, 11) is 1.98. The van der Waals surface area contributed by atoms with E-state index in [1.165, 1.54) is 6.20 Å². The number of carbonyl (C=O) groups excluding carboxylic acids is 1. The molecule has 0 bridgehead atoms. The number of ether oxygens (including phenoxy) is 1. The number of nitrogens with zero attached hydrogens (tertiary/aromatic N) is 5. The van der Waals surface area contributed by atoms with Gasteiger partial charge in [0.05, 0.1) is 43.1 Å². The van der Waals surface area contributed by atoms with E-state index in [9.17, 15) is 4.79 Å². The van der Waals surface area contributed by atoms with Gasteiger partial charge < -0.3 is 14.2 Å². The van der Waals surface area contributed by atoms with Crippen molar-refractivity contribution < 1.29 is 9.53 Å². The highest BCUT2D eigenvalue weighted by atomic mass is 16.5. The number of amides is 1. The fourth-order valence-electron chi connectivity index (χ4n) is 2.81. The van der Waals surface area contributed by atoms with Crippen molar-refractivity contribution in [1.82, 2.24) is 24.4 Å². The number of hydrogen-bond donors (Lipinski definition) is 0. The SMILES string of the molecule is CCOC[C@@H]1Cc2c(ncn2C)CN1C(=O)c1cnc(C)cn1. The zero-order valence-electron chi connectivity index (χ0n) is 13.7. The van der Waals surface area contributed by atoms with Gasteiger partial charge in [0.2, 0.25) is 0 Å². The Morgan fingerprint density at radius 3 is 2.87 bits per heavy atom. The van der Waals surface area contributed by atoms with E-state index >= 15 is 0 Å². The zero-order chi connectivity index (χ0) is 16.4. The van der Waals surface area contributed by atoms with Crippen LogP contribution in [0.4, 0.5) is 0 Å². The first-order chi connectivity index (χ1) is 11.1. The number of aryl methyl sites for hydroxylation is 2. The average molecular weight is 315 g/mol. The second-order valence-electron chi connectivity index (χ2n) is 5.74. The van der Waals surface area contributed by atoms with Gasteiger partial charge in [0.15, 0.2) is 0 Å². The molecule has 0 saturated heterocycles. The molecule has 1 amide bonds. The summed E-state index contributed by atoms with van der Waals surface area (Å²) in [5.74, 6) is -0.126. The molecule has 0 aromatic carbocycles. The number of fused-ring (bicyclic) bond motifs is 1. The van der Waals surface area contributed by atoms with Crippen LogP contribution in [0.1, 0.15) is 34.5 Å². The molecular weight excluding hydrogens is 294 g/mol. The van der Waals surface area contributed by atoms with Gasteiger partial charge in [-0.05, 0) is 13.8 Å². The van der Waals surface area contributed by atoms with Crippen LogP contribution in [0.5, 0.6) is 0 Å². The molecule has 0 unspecified atom stereocenters. The fourth-order valence-corrected chi connectivity index (χ4v) is 2.81. The van der Waals surface area contributed by atoms with E-state index in [1.54, 1.807) is 17.4 Å². The first-order valence-electron chi connectivity index (χ1n) is 7.76. The van der Waals surface area contributed by atoms with Crippen LogP contribution in [-0.2, 0) is 24.8 Å². The first kappa shape index (κ1) is 15.6. The van der Waals surface area contributed by atoms with Crippen LogP contribution >= 0.6 is 0 Å². The second-order valence-corrected chi connectivity index (χ2v) is 5.74. The Hall–Kier alpha value is -2.28. The van der Waals surface area contributed by atoms with E-state index in [2.05, 4.69) is 15.0 Å². The van der Waals surface area contributed by atoms with E-state index in [0.717, 1.165) is 23.5 Å². The highest BCUT2D eigenvalue weighted by Crippen LogP contribution is 2.23. The Bertz CT molecular complexity index is 695. The van der Waals surface area contributed by atoms with Crippen LogP contribution < -0.4 is 0 Å². The van der Waals surface area contributed by atoms with Crippen molar-refractivity contribution in [2.24, 2.45) is 7.05 Å². The van der Waals surface area contributed by atoms with E-state index in [1.807, 2.05) is 25.5 Å². The quantitative estimate of drug-likeness (QED) is 0.845. The third-order valence-corrected chi connectivity index (χ3v) is 4.11. The third kappa shape index (κ3) is 3.10. The lowest BCUT2D eigenvalue weighted by Gasteiger charge is -2.35. The zero-order valence-corrected chi connectivity index (χ0v) is 13.7. The molecule has 2 aromatic heterocycles. The van der Waals surface area contributed by atoms with Crippen LogP contribution in [0.15, 0.2) is 18.7 Å². The standard InChI is InChI=1S/C16H21N5O2/c1-4-23-9-12-5-15-14(19-10-20(15)3)8-21(12)16(22)13-7-17-11(2)6-18-13/h6-7,10,12H,4-5,8-9H2,1-3H3/t12-/m0/s1. The minimum absolute atomic E-state index is 0.0200. The molecule has 0 spiro atoms. The first-order valence-corrected chi connectivity index (χ1v) is 7.76. The largest absolute Gasteiger partial charge is 0.380 e. The minimum Gasteiger partial charge on any atom is -0.380 e. The molecule has 3 rings (SSSR count). The molecule has 23 heavy (non-hydrogen) atoms. The van der Waals surface area contributed by atoms with E-state index in [0.29, 0.717) is 25.5 Å². The molecule has 0 aliphatic carbocycles. The van der Waals surface area contributed by atoms with Crippen molar-refractivity contribution in [2.75, 3.05) is 13.2 Å². The minimum atomic E-state index is -0.126. The Labute approximate surface area is 135 Å². The van der Waals surface area contributed by atoms with Crippen LogP contribution in [0.2, 0.25) is 0 Å². The van der Waals surface area contributed by atoms with Gasteiger partial charge in [-0.3, -0.25) is 9.78 Å². The summed E-state index contributed by atoms with van der Waals surface area (Å²) < 4.78 is 7.60. The Morgan fingerprint density at radius 1 is 1.35 bits per heavy atom. The van der Waals surface area contributed by atoms with Gasteiger partial charge in [0, 0.05) is 32.0 Å². The topological polar surface area (TPSA) is 73.1 Å². The lowest BCUT2D eigenvalue weighted by Crippen LogP contribution is -2.47. The molecule has 0 fully saturated rings. The second kappa shape index (κ2) is 6.45. The molecule has 0 radical (unpaired) electrons. The van der Waals surface area contributed by atoms with Gasteiger partial charge in [0.25, 0.3) is 5.91 Å². The summed E-state index contributed by atoms with van der Waals surface area (Å²) in [6.45, 7) is 5.41. The van der Waals surface area contributed by atoms with Crippen molar-refractivity contribution in [3.63, 3.8) is 0 Å². The molecule has 122 valence electrons. The highest BCUT2D eigenvalue weighted by Gasteiger charge is 2.33. The lowest BCUT2D eigenvalue weighted by molar-refractivity contribution is 0.0382. The van der Waals surface area contributed by atoms with Gasteiger partial charge in [-0.15, -0.1) is 0 Å². The molecule has 7 nitrogen and oxygen atoms in total. The Balaban J connectivity index is 1.87. The lowest BCUT2D eigenvalue weighted by atomic mass is 10.0. The molecule has 0 N–H and O–H groups in total. The Morgan fingerprint density at radius 2 is 2.17 bits per heavy atom. The Kier molecular flexibility index (Phi) is 4.38. The van der Waals surface area contributed by atoms with Crippen molar-refractivity contribution >= 4 is 5.91 Å². The van der Waals surface area contributed by atoms with E-state index in [4.69, 9.17) is 4.74 Å². The van der Waals surface area contributed by atoms with Crippen molar-refractivity contribution in [3.8, 4) is 0 Å². The number of aromatic nitrogens is 4. The molecule has 0 saturated carbocycles. The summed E-state index contributed by atoms with van der Waals surface area (Å²) in [5.41, 5.74) is 3.25. The average Bonchev–Trinajstić information content (AvgIpc) is 2.92. The highest BCUT2D eigenvalue weighted by molar-refractivity contribution is 5.92. The fraction of sp³-hybridized carbons (Fsp3) is 0.500. The smallest absolute Gasteiger partial charge is 0.274 e. The van der Waals surface area contributed by atoms with Crippen LogP contribution in [0, 0.1) is 6.92 Å². The van der Waals surface area contributed by atoms with Gasteiger partial charge in [-0.2, -0.15) is 0 Å². The van der Waals surface area contributed by atoms with Crippen LogP contribution in [0.3, 0.4) is 0 Å². The molecule has 2 aromatic rings. The van der Waals surface area contributed by atoms with E-state index < -0.39 is 0 Å². The van der Waals surface area contributed by atoms with Crippen LogP contribution in [0.25, 0.3) is 0 Å². The molecule has 1 atom stereocenters. The van der Waals surface area contributed by atoms with Crippen molar-refractivity contribution in [2.45, 2.75) is 32.9 Å². The van der Waals surface area contributed by atoms with Crippen molar-refractivity contribution in [1.29, 1.82) is 0 Å². The molecule has 3 heterocycles. The van der Waals surface area contributed by atoms with Crippen molar-refractivity contribution in [3.05, 3.63) is 41.5 Å². The predicted molar refractivity (Wildman–Crippen MR) is 83.8 cm³/mol. The monoisotopic (exact) mass is 315 g/mol. The summed E-state index contributed by atoms with van der Waals surface area (Å²) in [6.07, 6.45) is 5.67. The van der Waals surface area contributed by atoms with Gasteiger partial charge >= 0.3 is 0 Å². The third-order valence-electron chi connectivity index (χ3n) is 4.11. The summed E-state index contributed by atoms with van der Waals surface area (Å²) in [4.78, 5) is 27.4. The summed E-state index contributed by atoms with van der Waals surface area (Å²) in [6, 6.07) is -0.0200. The molecule has 7 heteroatoms. The van der Waals surface area contributed by atoms with Gasteiger partial charge in [-0.25, -0.2) is 9.97 Å². The maximum atomic E-state index is 12.8.